The topological polar surface area (TPSA) is 12.0 Å². The Labute approximate surface area is 66.2 Å². The van der Waals surface area contributed by atoms with Crippen molar-refractivity contribution in [3.8, 4) is 0 Å². The Bertz CT molecular complexity index is 52.2. The first kappa shape index (κ1) is 12.6. The second kappa shape index (κ2) is 7.07. The average molecular weight is 145 g/mol. The van der Waals surface area contributed by atoms with Crippen molar-refractivity contribution < 1.29 is 0 Å². The van der Waals surface area contributed by atoms with E-state index in [0.717, 1.165) is 6.54 Å². The van der Waals surface area contributed by atoms with E-state index >= 15 is 0 Å². The molecule has 0 aromatic carbocycles. The normalized spacial score (nSPS) is 10.2. The van der Waals surface area contributed by atoms with E-state index in [4.69, 9.17) is 0 Å². The molecule has 0 heterocycles. The Hall–Kier alpha value is -0.0400. The summed E-state index contributed by atoms with van der Waals surface area (Å²) in [5.74, 6) is 0. The van der Waals surface area contributed by atoms with Crippen LogP contribution in [-0.4, -0.2) is 12.1 Å². The van der Waals surface area contributed by atoms with E-state index in [-0.39, 0.29) is 0 Å². The van der Waals surface area contributed by atoms with Crippen LogP contribution in [0.2, 0.25) is 0 Å². The fraction of sp³-hybridized carbons (Fsp3) is 1.00. The fourth-order valence-electron chi connectivity index (χ4n) is 0.530. The molecule has 0 aliphatic carbocycles. The van der Waals surface area contributed by atoms with Gasteiger partial charge in [0.1, 0.15) is 0 Å². The van der Waals surface area contributed by atoms with Gasteiger partial charge in [-0.3, -0.25) is 0 Å². The number of hydrogen-bond acceptors (Lipinski definition) is 1. The van der Waals surface area contributed by atoms with E-state index in [1.165, 1.54) is 6.42 Å². The minimum absolute atomic E-state index is 0.300. The maximum atomic E-state index is 3.28. The van der Waals surface area contributed by atoms with Crippen LogP contribution < -0.4 is 5.32 Å². The lowest BCUT2D eigenvalue weighted by Gasteiger charge is -2.18. The van der Waals surface area contributed by atoms with Crippen molar-refractivity contribution in [3.05, 3.63) is 0 Å². The quantitative estimate of drug-likeness (QED) is 0.598. The third kappa shape index (κ3) is 24.6. The van der Waals surface area contributed by atoms with Crippen molar-refractivity contribution in [2.24, 2.45) is 0 Å². The molecule has 0 spiro atoms. The highest BCUT2D eigenvalue weighted by Gasteiger charge is 2.04. The SMILES string of the molecule is CCC.CCNC(C)(C)C. The first-order valence-corrected chi connectivity index (χ1v) is 4.22. The van der Waals surface area contributed by atoms with Gasteiger partial charge in [0.25, 0.3) is 0 Å². The number of rotatable bonds is 1. The minimum atomic E-state index is 0.300. The summed E-state index contributed by atoms with van der Waals surface area (Å²) in [6, 6.07) is 0. The maximum absolute atomic E-state index is 3.28. The smallest absolute Gasteiger partial charge is 0.00963 e. The zero-order chi connectivity index (χ0) is 8.62. The molecule has 0 aliphatic rings. The highest BCUT2D eigenvalue weighted by atomic mass is 14.9. The molecule has 1 N–H and O–H groups in total. The lowest BCUT2D eigenvalue weighted by atomic mass is 10.1. The molecule has 0 saturated carbocycles. The summed E-state index contributed by atoms with van der Waals surface area (Å²) in [4.78, 5) is 0. The monoisotopic (exact) mass is 145 g/mol. The van der Waals surface area contributed by atoms with Crippen LogP contribution in [0.25, 0.3) is 0 Å². The van der Waals surface area contributed by atoms with Gasteiger partial charge in [-0.15, -0.1) is 0 Å². The molecule has 64 valence electrons. The Morgan fingerprint density at radius 3 is 1.30 bits per heavy atom. The van der Waals surface area contributed by atoms with Gasteiger partial charge in [-0.2, -0.15) is 0 Å². The van der Waals surface area contributed by atoms with Crippen LogP contribution >= 0.6 is 0 Å². The lowest BCUT2D eigenvalue weighted by Crippen LogP contribution is -2.35. The molecule has 0 aromatic heterocycles. The molecule has 10 heavy (non-hydrogen) atoms. The highest BCUT2D eigenvalue weighted by molar-refractivity contribution is 4.67. The van der Waals surface area contributed by atoms with E-state index in [1.807, 2.05) is 0 Å². The maximum Gasteiger partial charge on any atom is 0.00963 e. The summed E-state index contributed by atoms with van der Waals surface area (Å²) in [7, 11) is 0. The summed E-state index contributed by atoms with van der Waals surface area (Å²) >= 11 is 0. The predicted molar refractivity (Wildman–Crippen MR) is 49.4 cm³/mol. The fourth-order valence-corrected chi connectivity index (χ4v) is 0.530. The van der Waals surface area contributed by atoms with Crippen LogP contribution in [0.4, 0.5) is 0 Å². The van der Waals surface area contributed by atoms with Crippen LogP contribution in [0.3, 0.4) is 0 Å². The second-order valence-corrected chi connectivity index (χ2v) is 3.49. The molecule has 0 rings (SSSR count). The predicted octanol–water partition coefficient (Wildman–Crippen LogP) is 2.81. The summed E-state index contributed by atoms with van der Waals surface area (Å²) in [6.07, 6.45) is 1.25. The van der Waals surface area contributed by atoms with Crippen LogP contribution in [-0.2, 0) is 0 Å². The molecule has 0 aliphatic heterocycles. The molecule has 0 atom stereocenters. The zero-order valence-electron chi connectivity index (χ0n) is 8.41. The standard InChI is InChI=1S/C6H15N.C3H8/c1-5-7-6(2,3)4;1-3-2/h7H,5H2,1-4H3;3H2,1-2H3. The van der Waals surface area contributed by atoms with Crippen molar-refractivity contribution >= 4 is 0 Å². The number of nitrogens with one attached hydrogen (secondary N) is 1. The van der Waals surface area contributed by atoms with Crippen LogP contribution in [0.5, 0.6) is 0 Å². The Kier molecular flexibility index (Phi) is 8.92. The van der Waals surface area contributed by atoms with E-state index in [2.05, 4.69) is 46.9 Å². The Balaban J connectivity index is 0. The van der Waals surface area contributed by atoms with E-state index < -0.39 is 0 Å². The van der Waals surface area contributed by atoms with Gasteiger partial charge in [0.15, 0.2) is 0 Å². The van der Waals surface area contributed by atoms with Gasteiger partial charge in [-0.1, -0.05) is 27.2 Å². The van der Waals surface area contributed by atoms with Crippen LogP contribution in [0.1, 0.15) is 48.0 Å². The Morgan fingerprint density at radius 1 is 1.00 bits per heavy atom. The molecular weight excluding hydrogens is 122 g/mol. The van der Waals surface area contributed by atoms with Gasteiger partial charge < -0.3 is 5.32 Å². The third-order valence-corrected chi connectivity index (χ3v) is 0.707. The van der Waals surface area contributed by atoms with Gasteiger partial charge >= 0.3 is 0 Å². The first-order chi connectivity index (χ1) is 4.47. The molecule has 0 fully saturated rings. The summed E-state index contributed by atoms with van der Waals surface area (Å²) in [5.41, 5.74) is 0.300. The number of hydrogen-bond donors (Lipinski definition) is 1. The van der Waals surface area contributed by atoms with Gasteiger partial charge in [0.05, 0.1) is 0 Å². The molecule has 0 unspecified atom stereocenters. The minimum Gasteiger partial charge on any atom is -0.312 e. The summed E-state index contributed by atoms with van der Waals surface area (Å²) in [5, 5.41) is 3.28. The molecular formula is C9H23N. The van der Waals surface area contributed by atoms with Gasteiger partial charge in [0.2, 0.25) is 0 Å². The largest absolute Gasteiger partial charge is 0.312 e. The molecule has 0 radical (unpaired) electrons. The molecule has 1 nitrogen and oxygen atoms in total. The second-order valence-electron chi connectivity index (χ2n) is 3.49. The average Bonchev–Trinajstić information content (AvgIpc) is 1.63. The van der Waals surface area contributed by atoms with Crippen LogP contribution in [0.15, 0.2) is 0 Å². The van der Waals surface area contributed by atoms with Crippen molar-refractivity contribution in [1.82, 2.24) is 5.32 Å². The molecule has 1 heteroatoms. The van der Waals surface area contributed by atoms with Gasteiger partial charge in [-0.05, 0) is 27.3 Å². The lowest BCUT2D eigenvalue weighted by molar-refractivity contribution is 0.439. The van der Waals surface area contributed by atoms with E-state index in [0.29, 0.717) is 5.54 Å². The van der Waals surface area contributed by atoms with Crippen molar-refractivity contribution in [1.29, 1.82) is 0 Å². The first-order valence-electron chi connectivity index (χ1n) is 4.22. The molecule has 0 saturated heterocycles. The highest BCUT2D eigenvalue weighted by Crippen LogP contribution is 1.95. The van der Waals surface area contributed by atoms with Crippen molar-refractivity contribution in [2.75, 3.05) is 6.54 Å². The summed E-state index contributed by atoms with van der Waals surface area (Å²) < 4.78 is 0. The van der Waals surface area contributed by atoms with Gasteiger partial charge in [-0.25, -0.2) is 0 Å². The molecule has 0 amide bonds. The third-order valence-electron chi connectivity index (χ3n) is 0.707. The van der Waals surface area contributed by atoms with Crippen molar-refractivity contribution in [3.63, 3.8) is 0 Å². The summed E-state index contributed by atoms with van der Waals surface area (Å²) in [6.45, 7) is 13.9. The Morgan fingerprint density at radius 2 is 1.30 bits per heavy atom. The van der Waals surface area contributed by atoms with E-state index in [9.17, 15) is 0 Å². The molecule has 0 aromatic rings. The zero-order valence-corrected chi connectivity index (χ0v) is 8.41. The van der Waals surface area contributed by atoms with E-state index in [1.54, 1.807) is 0 Å². The molecule has 0 bridgehead atoms. The van der Waals surface area contributed by atoms with Crippen molar-refractivity contribution in [2.45, 2.75) is 53.5 Å². The van der Waals surface area contributed by atoms with Crippen LogP contribution in [0, 0.1) is 0 Å². The van der Waals surface area contributed by atoms with Gasteiger partial charge in [0, 0.05) is 5.54 Å².